The van der Waals surface area contributed by atoms with E-state index in [9.17, 15) is 0 Å². The molecular formula is C14H19NO2S. The molecule has 2 rings (SSSR count). The highest BCUT2D eigenvalue weighted by atomic mass is 32.1. The van der Waals surface area contributed by atoms with Crippen LogP contribution in [0.25, 0.3) is 0 Å². The Morgan fingerprint density at radius 3 is 2.83 bits per heavy atom. The molecule has 1 aliphatic rings. The van der Waals surface area contributed by atoms with Gasteiger partial charge in [-0.15, -0.1) is 0 Å². The zero-order valence-electron chi connectivity index (χ0n) is 10.6. The van der Waals surface area contributed by atoms with Crippen LogP contribution in [0.4, 0.5) is 0 Å². The minimum atomic E-state index is 0.400. The predicted octanol–water partition coefficient (Wildman–Crippen LogP) is 2.65. The molecule has 0 bridgehead atoms. The van der Waals surface area contributed by atoms with Gasteiger partial charge in [0.05, 0.1) is 13.7 Å². The van der Waals surface area contributed by atoms with Crippen LogP contribution in [0.2, 0.25) is 0 Å². The molecular weight excluding hydrogens is 246 g/mol. The maximum atomic E-state index is 5.68. The highest BCUT2D eigenvalue weighted by molar-refractivity contribution is 7.80. The van der Waals surface area contributed by atoms with E-state index in [0.29, 0.717) is 11.6 Å². The molecule has 0 unspecified atom stereocenters. The van der Waals surface area contributed by atoms with E-state index in [1.165, 1.54) is 12.8 Å². The first kappa shape index (κ1) is 13.3. The molecule has 0 saturated heterocycles. The summed E-state index contributed by atoms with van der Waals surface area (Å²) < 4.78 is 11.0. The Labute approximate surface area is 113 Å². The second-order valence-electron chi connectivity index (χ2n) is 4.68. The summed E-state index contributed by atoms with van der Waals surface area (Å²) in [5.74, 6) is 1.72. The molecule has 0 heterocycles. The first-order valence-electron chi connectivity index (χ1n) is 6.25. The Balaban J connectivity index is 1.94. The molecule has 1 saturated carbocycles. The highest BCUT2D eigenvalue weighted by Crippen LogP contribution is 2.32. The number of hydrogen-bond donors (Lipinski definition) is 1. The molecule has 0 aromatic heterocycles. The molecule has 0 radical (unpaired) electrons. The van der Waals surface area contributed by atoms with Crippen LogP contribution >= 0.6 is 12.2 Å². The predicted molar refractivity (Wildman–Crippen MR) is 75.9 cm³/mol. The van der Waals surface area contributed by atoms with Crippen molar-refractivity contribution in [3.63, 3.8) is 0 Å². The van der Waals surface area contributed by atoms with Crippen LogP contribution in [0.15, 0.2) is 18.2 Å². The highest BCUT2D eigenvalue weighted by Gasteiger charge is 2.20. The van der Waals surface area contributed by atoms with Crippen LogP contribution in [0.1, 0.15) is 30.4 Å². The van der Waals surface area contributed by atoms with Gasteiger partial charge in [-0.2, -0.15) is 0 Å². The molecule has 1 fully saturated rings. The first-order chi connectivity index (χ1) is 8.70. The first-order valence-corrected chi connectivity index (χ1v) is 6.66. The van der Waals surface area contributed by atoms with Crippen LogP contribution < -0.4 is 10.5 Å². The second-order valence-corrected chi connectivity index (χ2v) is 5.12. The molecule has 1 aromatic rings. The number of rotatable bonds is 7. The fraction of sp³-hybridized carbons (Fsp3) is 0.500. The third kappa shape index (κ3) is 3.68. The standard InChI is InChI=1S/C14H19NO2S/c1-16-13-5-4-11(14(15)18)8-12(13)9-17-7-6-10-2-3-10/h4-5,8,10H,2-3,6-7,9H2,1H3,(H2,15,18). The molecule has 1 aliphatic carbocycles. The summed E-state index contributed by atoms with van der Waals surface area (Å²) in [7, 11) is 1.66. The third-order valence-corrected chi connectivity index (χ3v) is 3.43. The van der Waals surface area contributed by atoms with Crippen LogP contribution in [-0.2, 0) is 11.3 Å². The van der Waals surface area contributed by atoms with Crippen LogP contribution in [0.5, 0.6) is 5.75 Å². The summed E-state index contributed by atoms with van der Waals surface area (Å²) in [5.41, 5.74) is 7.48. The summed E-state index contributed by atoms with van der Waals surface area (Å²) >= 11 is 4.98. The Kier molecular flexibility index (Phi) is 4.55. The van der Waals surface area contributed by atoms with Crippen LogP contribution in [-0.4, -0.2) is 18.7 Å². The van der Waals surface area contributed by atoms with Gasteiger partial charge in [0, 0.05) is 17.7 Å². The Bertz CT molecular complexity index is 430. The van der Waals surface area contributed by atoms with Gasteiger partial charge in [0.25, 0.3) is 0 Å². The Hall–Kier alpha value is -1.13. The zero-order valence-corrected chi connectivity index (χ0v) is 11.5. The third-order valence-electron chi connectivity index (χ3n) is 3.19. The van der Waals surface area contributed by atoms with Gasteiger partial charge in [0.15, 0.2) is 0 Å². The molecule has 98 valence electrons. The number of nitrogens with two attached hydrogens (primary N) is 1. The lowest BCUT2D eigenvalue weighted by Crippen LogP contribution is -2.10. The molecule has 0 spiro atoms. The van der Waals surface area contributed by atoms with E-state index in [4.69, 9.17) is 27.4 Å². The van der Waals surface area contributed by atoms with Crippen molar-refractivity contribution in [2.24, 2.45) is 11.7 Å². The molecule has 3 nitrogen and oxygen atoms in total. The Morgan fingerprint density at radius 1 is 1.44 bits per heavy atom. The van der Waals surface area contributed by atoms with E-state index >= 15 is 0 Å². The topological polar surface area (TPSA) is 44.5 Å². The van der Waals surface area contributed by atoms with Crippen LogP contribution in [0, 0.1) is 5.92 Å². The second kappa shape index (κ2) is 6.16. The number of thiocarbonyl (C=S) groups is 1. The van der Waals surface area contributed by atoms with Gasteiger partial charge < -0.3 is 15.2 Å². The van der Waals surface area contributed by atoms with E-state index in [2.05, 4.69) is 0 Å². The molecule has 4 heteroatoms. The molecule has 1 aromatic carbocycles. The van der Waals surface area contributed by atoms with Crippen molar-refractivity contribution in [1.82, 2.24) is 0 Å². The van der Waals surface area contributed by atoms with Gasteiger partial charge in [-0.3, -0.25) is 0 Å². The maximum absolute atomic E-state index is 5.68. The SMILES string of the molecule is COc1ccc(C(N)=S)cc1COCCC1CC1. The lowest BCUT2D eigenvalue weighted by molar-refractivity contribution is 0.113. The van der Waals surface area contributed by atoms with Crippen molar-refractivity contribution < 1.29 is 9.47 Å². The van der Waals surface area contributed by atoms with Gasteiger partial charge in [-0.25, -0.2) is 0 Å². The van der Waals surface area contributed by atoms with Crippen molar-refractivity contribution in [1.29, 1.82) is 0 Å². The van der Waals surface area contributed by atoms with Gasteiger partial charge in [-0.05, 0) is 30.5 Å². The minimum absolute atomic E-state index is 0.400. The quantitative estimate of drug-likeness (QED) is 0.608. The van der Waals surface area contributed by atoms with Crippen molar-refractivity contribution in [3.05, 3.63) is 29.3 Å². The van der Waals surface area contributed by atoms with E-state index in [1.54, 1.807) is 7.11 Å². The summed E-state index contributed by atoms with van der Waals surface area (Å²) in [6.07, 6.45) is 3.89. The van der Waals surface area contributed by atoms with Gasteiger partial charge in [0.1, 0.15) is 10.7 Å². The average molecular weight is 265 g/mol. The van der Waals surface area contributed by atoms with E-state index in [1.807, 2.05) is 18.2 Å². The number of benzene rings is 1. The van der Waals surface area contributed by atoms with Crippen LogP contribution in [0.3, 0.4) is 0 Å². The normalized spacial score (nSPS) is 14.5. The van der Waals surface area contributed by atoms with Crippen molar-refractivity contribution >= 4 is 17.2 Å². The monoisotopic (exact) mass is 265 g/mol. The van der Waals surface area contributed by atoms with Gasteiger partial charge in [0.2, 0.25) is 0 Å². The van der Waals surface area contributed by atoms with Gasteiger partial charge >= 0.3 is 0 Å². The fourth-order valence-electron chi connectivity index (χ4n) is 1.88. The summed E-state index contributed by atoms with van der Waals surface area (Å²) in [6.45, 7) is 1.36. The summed E-state index contributed by atoms with van der Waals surface area (Å²) in [5, 5.41) is 0. The Morgan fingerprint density at radius 2 is 2.22 bits per heavy atom. The van der Waals surface area contributed by atoms with E-state index < -0.39 is 0 Å². The minimum Gasteiger partial charge on any atom is -0.496 e. The number of methoxy groups -OCH3 is 1. The summed E-state index contributed by atoms with van der Waals surface area (Å²) in [4.78, 5) is 0.400. The molecule has 0 atom stereocenters. The van der Waals surface area contributed by atoms with Crippen molar-refractivity contribution in [3.8, 4) is 5.75 Å². The molecule has 2 N–H and O–H groups in total. The van der Waals surface area contributed by atoms with Gasteiger partial charge in [-0.1, -0.05) is 25.1 Å². The molecule has 0 aliphatic heterocycles. The lowest BCUT2D eigenvalue weighted by Gasteiger charge is -2.11. The maximum Gasteiger partial charge on any atom is 0.124 e. The van der Waals surface area contributed by atoms with E-state index in [0.717, 1.165) is 35.8 Å². The average Bonchev–Trinajstić information content (AvgIpc) is 3.18. The van der Waals surface area contributed by atoms with Crippen molar-refractivity contribution in [2.75, 3.05) is 13.7 Å². The largest absolute Gasteiger partial charge is 0.496 e. The number of hydrogen-bond acceptors (Lipinski definition) is 3. The van der Waals surface area contributed by atoms with Crippen molar-refractivity contribution in [2.45, 2.75) is 25.9 Å². The smallest absolute Gasteiger partial charge is 0.124 e. The lowest BCUT2D eigenvalue weighted by atomic mass is 10.1. The molecule has 18 heavy (non-hydrogen) atoms. The summed E-state index contributed by atoms with van der Waals surface area (Å²) in [6, 6.07) is 5.70. The molecule has 0 amide bonds. The zero-order chi connectivity index (χ0) is 13.0. The fourth-order valence-corrected chi connectivity index (χ4v) is 2.01. The van der Waals surface area contributed by atoms with E-state index in [-0.39, 0.29) is 0 Å². The number of ether oxygens (including phenoxy) is 2.